The van der Waals surface area contributed by atoms with Crippen molar-refractivity contribution in [2.75, 3.05) is 32.8 Å². The molecule has 2 aliphatic heterocycles. The van der Waals surface area contributed by atoms with Gasteiger partial charge >= 0.3 is 5.97 Å². The van der Waals surface area contributed by atoms with E-state index in [1.54, 1.807) is 11.0 Å². The van der Waals surface area contributed by atoms with Crippen LogP contribution in [0.3, 0.4) is 0 Å². The van der Waals surface area contributed by atoms with E-state index in [0.717, 1.165) is 43.4 Å². The molecule has 2 fully saturated rings. The number of para-hydroxylation sites is 1. The number of nitrogens with zero attached hydrogens (tertiary/aromatic N) is 3. The summed E-state index contributed by atoms with van der Waals surface area (Å²) in [5.74, 6) is -0.482. The monoisotopic (exact) mass is 545 g/mol. The van der Waals surface area contributed by atoms with E-state index in [2.05, 4.69) is 22.0 Å². The minimum absolute atomic E-state index is 0.178. The third-order valence-electron chi connectivity index (χ3n) is 8.46. The SMILES string of the molecule is O=C(c1ccc2ccccc2n1)N1CCCCC2(CCN(Cc3ccccc3)CC2)C(=O)OC[C@@H](O)[C@@H](O)CC1. The molecule has 1 amide bonds. The molecule has 8 nitrogen and oxygen atoms in total. The van der Waals surface area contributed by atoms with Crippen molar-refractivity contribution >= 4 is 22.8 Å². The Kier molecular flexibility index (Phi) is 9.09. The molecule has 0 saturated carbocycles. The fourth-order valence-electron chi connectivity index (χ4n) is 5.87. The summed E-state index contributed by atoms with van der Waals surface area (Å²) in [7, 11) is 0. The lowest BCUT2D eigenvalue weighted by Crippen LogP contribution is -2.45. The number of benzene rings is 2. The summed E-state index contributed by atoms with van der Waals surface area (Å²) >= 11 is 0. The van der Waals surface area contributed by atoms with Gasteiger partial charge in [-0.2, -0.15) is 0 Å². The van der Waals surface area contributed by atoms with Gasteiger partial charge in [-0.3, -0.25) is 14.5 Å². The van der Waals surface area contributed by atoms with E-state index in [-0.39, 0.29) is 31.4 Å². The Morgan fingerprint density at radius 2 is 1.62 bits per heavy atom. The van der Waals surface area contributed by atoms with Crippen molar-refractivity contribution in [3.63, 3.8) is 0 Å². The van der Waals surface area contributed by atoms with Gasteiger partial charge in [-0.15, -0.1) is 0 Å². The fourth-order valence-corrected chi connectivity index (χ4v) is 5.87. The van der Waals surface area contributed by atoms with Crippen LogP contribution in [0.4, 0.5) is 0 Å². The summed E-state index contributed by atoms with van der Waals surface area (Å²) in [6, 6.07) is 21.6. The molecule has 2 atom stereocenters. The van der Waals surface area contributed by atoms with Crippen molar-refractivity contribution < 1.29 is 24.5 Å². The first kappa shape index (κ1) is 28.2. The van der Waals surface area contributed by atoms with Crippen LogP contribution in [0.2, 0.25) is 0 Å². The number of esters is 1. The number of rotatable bonds is 3. The highest BCUT2D eigenvalue weighted by atomic mass is 16.5. The van der Waals surface area contributed by atoms with Gasteiger partial charge in [0.2, 0.25) is 0 Å². The average molecular weight is 546 g/mol. The molecule has 2 saturated heterocycles. The number of aliphatic hydroxyl groups is 2. The zero-order valence-electron chi connectivity index (χ0n) is 23.0. The van der Waals surface area contributed by atoms with Crippen LogP contribution in [-0.4, -0.2) is 81.9 Å². The van der Waals surface area contributed by atoms with E-state index in [0.29, 0.717) is 31.5 Å². The van der Waals surface area contributed by atoms with Gasteiger partial charge in [-0.05, 0) is 62.9 Å². The van der Waals surface area contributed by atoms with E-state index >= 15 is 0 Å². The highest BCUT2D eigenvalue weighted by Crippen LogP contribution is 2.38. The molecular weight excluding hydrogens is 506 g/mol. The summed E-state index contributed by atoms with van der Waals surface area (Å²) in [6.45, 7) is 2.92. The number of fused-ring (bicyclic) bond motifs is 1. The Balaban J connectivity index is 1.27. The number of pyridine rings is 1. The van der Waals surface area contributed by atoms with Crippen molar-refractivity contribution in [1.82, 2.24) is 14.8 Å². The third-order valence-corrected chi connectivity index (χ3v) is 8.46. The van der Waals surface area contributed by atoms with Crippen molar-refractivity contribution in [3.8, 4) is 0 Å². The predicted octanol–water partition coefficient (Wildman–Crippen LogP) is 3.80. The number of hydrogen-bond donors (Lipinski definition) is 2. The smallest absolute Gasteiger partial charge is 0.312 e. The molecule has 2 aliphatic rings. The number of ether oxygens (including phenoxy) is 1. The van der Waals surface area contributed by atoms with Crippen LogP contribution >= 0.6 is 0 Å². The topological polar surface area (TPSA) is 103 Å². The number of hydrogen-bond acceptors (Lipinski definition) is 7. The van der Waals surface area contributed by atoms with Gasteiger partial charge in [0.05, 0.1) is 17.0 Å². The second kappa shape index (κ2) is 12.9. The molecule has 0 radical (unpaired) electrons. The zero-order valence-corrected chi connectivity index (χ0v) is 23.0. The maximum atomic E-state index is 13.5. The molecular formula is C32H39N3O5. The summed E-state index contributed by atoms with van der Waals surface area (Å²) in [5, 5.41) is 22.1. The van der Waals surface area contributed by atoms with Crippen molar-refractivity contribution in [1.29, 1.82) is 0 Å². The highest BCUT2D eigenvalue weighted by molar-refractivity contribution is 5.94. The minimum atomic E-state index is -1.21. The molecule has 1 aromatic heterocycles. The largest absolute Gasteiger partial charge is 0.462 e. The Bertz CT molecular complexity index is 1290. The maximum Gasteiger partial charge on any atom is 0.312 e. The quantitative estimate of drug-likeness (QED) is 0.483. The molecule has 8 heteroatoms. The Morgan fingerprint density at radius 1 is 0.875 bits per heavy atom. The van der Waals surface area contributed by atoms with Crippen LogP contribution in [0.5, 0.6) is 0 Å². The number of aliphatic hydroxyl groups excluding tert-OH is 2. The van der Waals surface area contributed by atoms with Gasteiger partial charge in [-0.1, -0.05) is 61.0 Å². The Labute approximate surface area is 235 Å². The summed E-state index contributed by atoms with van der Waals surface area (Å²) in [4.78, 5) is 35.5. The molecule has 2 N–H and O–H groups in total. The molecule has 212 valence electrons. The third kappa shape index (κ3) is 6.69. The molecule has 0 bridgehead atoms. The molecule has 40 heavy (non-hydrogen) atoms. The summed E-state index contributed by atoms with van der Waals surface area (Å²) in [5.41, 5.74) is 1.74. The molecule has 0 unspecified atom stereocenters. The number of amides is 1. The van der Waals surface area contributed by atoms with Crippen LogP contribution in [-0.2, 0) is 16.1 Å². The minimum Gasteiger partial charge on any atom is -0.462 e. The number of aromatic nitrogens is 1. The lowest BCUT2D eigenvalue weighted by molar-refractivity contribution is -0.165. The van der Waals surface area contributed by atoms with Crippen LogP contribution in [0.1, 0.15) is 54.6 Å². The van der Waals surface area contributed by atoms with Crippen LogP contribution < -0.4 is 0 Å². The van der Waals surface area contributed by atoms with Gasteiger partial charge in [-0.25, -0.2) is 4.98 Å². The maximum absolute atomic E-state index is 13.5. The van der Waals surface area contributed by atoms with Crippen molar-refractivity contribution in [2.45, 2.75) is 57.3 Å². The highest BCUT2D eigenvalue weighted by Gasteiger charge is 2.42. The van der Waals surface area contributed by atoms with E-state index in [9.17, 15) is 19.8 Å². The normalized spacial score (nSPS) is 23.1. The number of cyclic esters (lactones) is 1. The Morgan fingerprint density at radius 3 is 2.42 bits per heavy atom. The summed E-state index contributed by atoms with van der Waals surface area (Å²) < 4.78 is 5.61. The Hall–Kier alpha value is -3.33. The number of piperidine rings is 1. The molecule has 2 aromatic carbocycles. The predicted molar refractivity (Wildman–Crippen MR) is 152 cm³/mol. The van der Waals surface area contributed by atoms with E-state index in [1.165, 1.54) is 5.56 Å². The first-order valence-corrected chi connectivity index (χ1v) is 14.4. The lowest BCUT2D eigenvalue weighted by Gasteiger charge is -2.40. The van der Waals surface area contributed by atoms with E-state index in [4.69, 9.17) is 4.74 Å². The molecule has 3 heterocycles. The molecule has 5 rings (SSSR count). The van der Waals surface area contributed by atoms with Gasteiger partial charge in [0.25, 0.3) is 5.91 Å². The van der Waals surface area contributed by atoms with Crippen LogP contribution in [0.15, 0.2) is 66.7 Å². The average Bonchev–Trinajstić information content (AvgIpc) is 3.00. The van der Waals surface area contributed by atoms with Crippen LogP contribution in [0.25, 0.3) is 10.9 Å². The van der Waals surface area contributed by atoms with Crippen molar-refractivity contribution in [3.05, 3.63) is 78.0 Å². The number of likely N-dealkylation sites (tertiary alicyclic amines) is 1. The van der Waals surface area contributed by atoms with Gasteiger partial charge in [0.1, 0.15) is 18.4 Å². The second-order valence-electron chi connectivity index (χ2n) is 11.2. The molecule has 0 aliphatic carbocycles. The van der Waals surface area contributed by atoms with Gasteiger partial charge < -0.3 is 19.8 Å². The number of carbonyl (C=O) groups excluding carboxylic acids is 2. The fraction of sp³-hybridized carbons (Fsp3) is 0.469. The number of carbonyl (C=O) groups is 2. The van der Waals surface area contributed by atoms with Gasteiger partial charge in [0, 0.05) is 25.0 Å². The molecule has 3 aromatic rings. The van der Waals surface area contributed by atoms with Crippen molar-refractivity contribution in [2.24, 2.45) is 5.41 Å². The lowest BCUT2D eigenvalue weighted by atomic mass is 9.74. The standard InChI is InChI=1S/C32H39N3O5/c36-28-14-19-35(30(38)27-13-12-25-10-4-5-11-26(25)33-27)18-7-6-15-32(31(39)40-23-29(28)37)16-20-34(21-17-32)22-24-8-2-1-3-9-24/h1-5,8-13,28-29,36-37H,6-7,14-23H2/t28-,29+/m0/s1. The first-order chi connectivity index (χ1) is 19.4. The second-order valence-corrected chi connectivity index (χ2v) is 11.2. The van der Waals surface area contributed by atoms with Gasteiger partial charge in [0.15, 0.2) is 0 Å². The first-order valence-electron chi connectivity index (χ1n) is 14.4. The van der Waals surface area contributed by atoms with E-state index in [1.807, 2.05) is 48.5 Å². The van der Waals surface area contributed by atoms with Crippen LogP contribution in [0, 0.1) is 5.41 Å². The molecule has 1 spiro atoms. The summed E-state index contributed by atoms with van der Waals surface area (Å²) in [6.07, 6.45) is 1.38. The zero-order chi connectivity index (χ0) is 28.0. The van der Waals surface area contributed by atoms with E-state index < -0.39 is 17.6 Å².